The third kappa shape index (κ3) is 2.50. The molecule has 8 heteroatoms. The van der Waals surface area contributed by atoms with Crippen molar-refractivity contribution >= 4 is 23.3 Å². The number of nitro groups is 1. The average Bonchev–Trinajstić information content (AvgIpc) is 2.20. The number of carbonyl (C=O) groups is 2. The van der Waals surface area contributed by atoms with Crippen molar-refractivity contribution in [3.05, 3.63) is 34.1 Å². The number of halogens is 1. The molecule has 0 aliphatic rings. The topological polar surface area (TPSA) is 110 Å². The lowest BCUT2D eigenvalue weighted by molar-refractivity contribution is -0.384. The van der Waals surface area contributed by atoms with Crippen LogP contribution >= 0.6 is 0 Å². The highest BCUT2D eigenvalue weighted by atomic mass is 19.1. The Morgan fingerprint density at radius 1 is 1.44 bits per heavy atom. The van der Waals surface area contributed by atoms with Gasteiger partial charge in [-0.25, -0.2) is 9.18 Å². The number of aliphatic carboxylic acids is 1. The number of anilines is 1. The first-order chi connectivity index (χ1) is 7.41. The van der Waals surface area contributed by atoms with Gasteiger partial charge in [-0.15, -0.1) is 0 Å². The van der Waals surface area contributed by atoms with Crippen LogP contribution < -0.4 is 5.32 Å². The van der Waals surface area contributed by atoms with E-state index < -0.39 is 34.0 Å². The molecule has 0 aliphatic heterocycles. The summed E-state index contributed by atoms with van der Waals surface area (Å²) in [6, 6.07) is 2.39. The molecule has 0 bridgehead atoms. The predicted octanol–water partition coefficient (Wildman–Crippen LogP) is 0.757. The lowest BCUT2D eigenvalue weighted by Crippen LogP contribution is -2.22. The maximum atomic E-state index is 13.0. The van der Waals surface area contributed by atoms with Crippen molar-refractivity contribution in [1.29, 1.82) is 0 Å². The van der Waals surface area contributed by atoms with E-state index in [0.717, 1.165) is 18.2 Å². The fraction of sp³-hybridized carbons (Fsp3) is 0. The lowest BCUT2D eigenvalue weighted by Gasteiger charge is -2.02. The van der Waals surface area contributed by atoms with E-state index in [1.807, 2.05) is 0 Å². The smallest absolute Gasteiger partial charge is 0.394 e. The van der Waals surface area contributed by atoms with E-state index in [1.165, 1.54) is 0 Å². The zero-order valence-corrected chi connectivity index (χ0v) is 7.64. The van der Waals surface area contributed by atoms with E-state index in [-0.39, 0.29) is 0 Å². The van der Waals surface area contributed by atoms with Crippen molar-refractivity contribution in [3.63, 3.8) is 0 Å². The van der Waals surface area contributed by atoms with Crippen molar-refractivity contribution < 1.29 is 24.0 Å². The van der Waals surface area contributed by atoms with Gasteiger partial charge in [-0.1, -0.05) is 0 Å². The molecule has 0 fully saturated rings. The summed E-state index contributed by atoms with van der Waals surface area (Å²) in [7, 11) is 0. The second kappa shape index (κ2) is 4.34. The van der Waals surface area contributed by atoms with Crippen LogP contribution in [0.1, 0.15) is 0 Å². The van der Waals surface area contributed by atoms with Crippen molar-refractivity contribution in [3.8, 4) is 0 Å². The van der Waals surface area contributed by atoms with Crippen LogP contribution in [0.2, 0.25) is 0 Å². The normalized spacial score (nSPS) is 9.56. The number of carboxylic acids is 1. The van der Waals surface area contributed by atoms with Gasteiger partial charge in [-0.05, 0) is 6.07 Å². The highest BCUT2D eigenvalue weighted by Crippen LogP contribution is 2.20. The monoisotopic (exact) mass is 228 g/mol. The third-order valence-electron chi connectivity index (χ3n) is 1.60. The summed E-state index contributed by atoms with van der Waals surface area (Å²) in [5, 5.41) is 20.3. The van der Waals surface area contributed by atoms with Crippen LogP contribution in [0.5, 0.6) is 0 Å². The minimum Gasteiger partial charge on any atom is -0.474 e. The summed E-state index contributed by atoms with van der Waals surface area (Å²) in [5.41, 5.74) is -1.01. The molecular weight excluding hydrogens is 223 g/mol. The van der Waals surface area contributed by atoms with Gasteiger partial charge in [0.2, 0.25) is 0 Å². The van der Waals surface area contributed by atoms with Crippen molar-refractivity contribution in [2.45, 2.75) is 0 Å². The molecule has 84 valence electrons. The molecule has 1 amide bonds. The number of carbonyl (C=O) groups excluding carboxylic acids is 1. The van der Waals surface area contributed by atoms with Crippen LogP contribution in [-0.4, -0.2) is 21.9 Å². The molecule has 0 aromatic heterocycles. The minimum atomic E-state index is -1.81. The van der Waals surface area contributed by atoms with Crippen LogP contribution in [0, 0.1) is 15.9 Å². The number of hydrogen-bond acceptors (Lipinski definition) is 4. The Hall–Kier alpha value is -2.51. The van der Waals surface area contributed by atoms with E-state index in [9.17, 15) is 24.1 Å². The number of hydrogen-bond donors (Lipinski definition) is 2. The summed E-state index contributed by atoms with van der Waals surface area (Å²) in [5.74, 6) is -4.24. The fourth-order valence-corrected chi connectivity index (χ4v) is 0.898. The first kappa shape index (κ1) is 11.6. The molecule has 0 saturated heterocycles. The van der Waals surface area contributed by atoms with Crippen molar-refractivity contribution in [2.24, 2.45) is 0 Å². The van der Waals surface area contributed by atoms with E-state index in [4.69, 9.17) is 5.11 Å². The number of nitro benzene ring substituents is 1. The van der Waals surface area contributed by atoms with Gasteiger partial charge >= 0.3 is 11.9 Å². The number of amides is 1. The fourth-order valence-electron chi connectivity index (χ4n) is 0.898. The summed E-state index contributed by atoms with van der Waals surface area (Å²) in [4.78, 5) is 30.4. The van der Waals surface area contributed by atoms with E-state index in [0.29, 0.717) is 0 Å². The summed E-state index contributed by atoms with van der Waals surface area (Å²) >= 11 is 0. The van der Waals surface area contributed by atoms with Crippen LogP contribution in [0.25, 0.3) is 0 Å². The van der Waals surface area contributed by atoms with Crippen molar-refractivity contribution in [2.75, 3.05) is 5.32 Å². The minimum absolute atomic E-state index is 0.456. The summed E-state index contributed by atoms with van der Waals surface area (Å²) in [6.45, 7) is 0. The molecule has 1 aromatic rings. The maximum absolute atomic E-state index is 13.0. The average molecular weight is 228 g/mol. The first-order valence-electron chi connectivity index (χ1n) is 3.90. The number of rotatable bonds is 2. The van der Waals surface area contributed by atoms with Crippen LogP contribution in [0.4, 0.5) is 15.8 Å². The molecule has 2 N–H and O–H groups in total. The van der Waals surface area contributed by atoms with Gasteiger partial charge in [-0.3, -0.25) is 14.9 Å². The molecule has 1 aromatic carbocycles. The number of nitrogens with one attached hydrogen (secondary N) is 1. The Kier molecular flexibility index (Phi) is 3.14. The number of benzene rings is 1. The quantitative estimate of drug-likeness (QED) is 0.441. The molecule has 0 heterocycles. The predicted molar refractivity (Wildman–Crippen MR) is 49.3 cm³/mol. The van der Waals surface area contributed by atoms with Crippen LogP contribution in [0.15, 0.2) is 18.2 Å². The SMILES string of the molecule is O=C(O)C(=O)Nc1cc([N+](=O)[O-])ccc1F. The summed E-state index contributed by atoms with van der Waals surface area (Å²) < 4.78 is 13.0. The Morgan fingerprint density at radius 3 is 2.56 bits per heavy atom. The van der Waals surface area contributed by atoms with Gasteiger partial charge in [0.1, 0.15) is 5.82 Å². The highest BCUT2D eigenvalue weighted by molar-refractivity contribution is 6.36. The standard InChI is InChI=1S/C8H5FN2O5/c9-5-2-1-4(11(15)16)3-6(5)10-7(12)8(13)14/h1-3H,(H,10,12)(H,13,14). The molecule has 0 saturated carbocycles. The number of carboxylic acid groups (broad SMARTS) is 1. The van der Waals surface area contributed by atoms with Gasteiger partial charge in [0.25, 0.3) is 5.69 Å². The first-order valence-corrected chi connectivity index (χ1v) is 3.90. The molecule has 0 spiro atoms. The molecule has 1 rings (SSSR count). The van der Waals surface area contributed by atoms with Gasteiger partial charge < -0.3 is 10.4 Å². The Bertz CT molecular complexity index is 473. The Morgan fingerprint density at radius 2 is 2.06 bits per heavy atom. The lowest BCUT2D eigenvalue weighted by atomic mass is 10.2. The van der Waals surface area contributed by atoms with Gasteiger partial charge in [0.15, 0.2) is 0 Å². The molecular formula is C8H5FN2O5. The van der Waals surface area contributed by atoms with Gasteiger partial charge in [0.05, 0.1) is 10.6 Å². The molecule has 0 radical (unpaired) electrons. The number of non-ortho nitro benzene ring substituents is 1. The third-order valence-corrected chi connectivity index (χ3v) is 1.60. The molecule has 0 unspecified atom stereocenters. The van der Waals surface area contributed by atoms with E-state index in [2.05, 4.69) is 0 Å². The summed E-state index contributed by atoms with van der Waals surface area (Å²) in [6.07, 6.45) is 0. The zero-order valence-electron chi connectivity index (χ0n) is 7.64. The largest absolute Gasteiger partial charge is 0.474 e. The van der Waals surface area contributed by atoms with Crippen LogP contribution in [-0.2, 0) is 9.59 Å². The van der Waals surface area contributed by atoms with Crippen molar-refractivity contribution in [1.82, 2.24) is 0 Å². The maximum Gasteiger partial charge on any atom is 0.394 e. The van der Waals surface area contributed by atoms with Crippen LogP contribution in [0.3, 0.4) is 0 Å². The van der Waals surface area contributed by atoms with E-state index >= 15 is 0 Å². The molecule has 0 aliphatic carbocycles. The molecule has 0 atom stereocenters. The second-order valence-corrected chi connectivity index (χ2v) is 2.68. The van der Waals surface area contributed by atoms with E-state index in [1.54, 1.807) is 5.32 Å². The molecule has 16 heavy (non-hydrogen) atoms. The zero-order chi connectivity index (χ0) is 12.3. The highest BCUT2D eigenvalue weighted by Gasteiger charge is 2.16. The Balaban J connectivity index is 3.03. The Labute approximate surface area is 87.6 Å². The van der Waals surface area contributed by atoms with Gasteiger partial charge in [-0.2, -0.15) is 0 Å². The van der Waals surface area contributed by atoms with Gasteiger partial charge in [0, 0.05) is 12.1 Å². The molecule has 7 nitrogen and oxygen atoms in total. The number of nitrogens with zero attached hydrogens (tertiary/aromatic N) is 1. The second-order valence-electron chi connectivity index (χ2n) is 2.68.